The summed E-state index contributed by atoms with van der Waals surface area (Å²) < 4.78 is 66.4. The number of aromatic nitrogens is 2. The highest BCUT2D eigenvalue weighted by atomic mass is 32.2. The third-order valence-corrected chi connectivity index (χ3v) is 5.42. The molecule has 0 bridgehead atoms. The first-order valence-corrected chi connectivity index (χ1v) is 10.3. The zero-order chi connectivity index (χ0) is 21.7. The van der Waals surface area contributed by atoms with Gasteiger partial charge in [-0.15, -0.1) is 0 Å². The van der Waals surface area contributed by atoms with Crippen molar-refractivity contribution in [2.24, 2.45) is 11.7 Å². The molecule has 2 heterocycles. The van der Waals surface area contributed by atoms with E-state index in [9.17, 15) is 26.4 Å². The van der Waals surface area contributed by atoms with E-state index in [-0.39, 0.29) is 24.2 Å². The van der Waals surface area contributed by atoms with Gasteiger partial charge < -0.3 is 15.4 Å². The van der Waals surface area contributed by atoms with Crippen molar-refractivity contribution >= 4 is 22.1 Å². The summed E-state index contributed by atoms with van der Waals surface area (Å²) in [6, 6.07) is 0. The summed E-state index contributed by atoms with van der Waals surface area (Å²) in [4.78, 5) is 26.6. The van der Waals surface area contributed by atoms with Gasteiger partial charge in [-0.05, 0) is 25.7 Å². The molecule has 0 saturated carbocycles. The van der Waals surface area contributed by atoms with Gasteiger partial charge in [-0.3, -0.25) is 4.84 Å². The molecule has 164 valence electrons. The molecule has 1 amide bonds. The molecule has 0 radical (unpaired) electrons. The maximum absolute atomic E-state index is 12.6. The van der Waals surface area contributed by atoms with Crippen molar-refractivity contribution in [2.75, 3.05) is 30.3 Å². The fourth-order valence-electron chi connectivity index (χ4n) is 2.75. The molecule has 0 spiro atoms. The minimum absolute atomic E-state index is 0.166. The first-order valence-electron chi connectivity index (χ1n) is 8.68. The van der Waals surface area contributed by atoms with E-state index in [0.717, 1.165) is 12.4 Å². The van der Waals surface area contributed by atoms with Gasteiger partial charge >= 0.3 is 12.3 Å². The summed E-state index contributed by atoms with van der Waals surface area (Å²) in [5, 5.41) is 0. The largest absolute Gasteiger partial charge is 0.444 e. The highest BCUT2D eigenvalue weighted by Gasteiger charge is 2.32. The van der Waals surface area contributed by atoms with Gasteiger partial charge in [0.25, 0.3) is 0 Å². The first-order chi connectivity index (χ1) is 13.5. The van der Waals surface area contributed by atoms with E-state index in [0.29, 0.717) is 25.9 Å². The van der Waals surface area contributed by atoms with E-state index in [1.165, 1.54) is 6.92 Å². The molecule has 1 saturated heterocycles. The zero-order valence-electron chi connectivity index (χ0n) is 15.6. The van der Waals surface area contributed by atoms with E-state index >= 15 is 0 Å². The standard InChI is InChI=1S/C15H22F3N5O5S/c1-10(28-13(19)24)8-27-22-29(25,26)9-11-2-4-23(5-3-11)14-20-6-12(7-21-14)15(16,17)18/h6-7,10-11,22H,2-5,8-9H2,1H3,(H2,19,24)/t10-/m0/s1. The van der Waals surface area contributed by atoms with Gasteiger partial charge in [0.1, 0.15) is 12.7 Å². The molecule has 1 aromatic rings. The van der Waals surface area contributed by atoms with Crippen molar-refractivity contribution in [3.63, 3.8) is 0 Å². The molecular weight excluding hydrogens is 419 g/mol. The number of alkyl halides is 3. The van der Waals surface area contributed by atoms with Crippen molar-refractivity contribution < 1.29 is 36.0 Å². The van der Waals surface area contributed by atoms with Crippen LogP contribution in [0.1, 0.15) is 25.3 Å². The number of rotatable bonds is 8. The number of hydrogen-bond donors (Lipinski definition) is 2. The predicted octanol–water partition coefficient (Wildman–Crippen LogP) is 1.05. The SMILES string of the molecule is C[C@@H](CONS(=O)(=O)CC1CCN(c2ncc(C(F)(F)F)cn2)CC1)OC(N)=O. The fourth-order valence-corrected chi connectivity index (χ4v) is 4.02. The van der Waals surface area contributed by atoms with Crippen molar-refractivity contribution in [3.8, 4) is 0 Å². The van der Waals surface area contributed by atoms with Crippen LogP contribution >= 0.6 is 0 Å². The maximum Gasteiger partial charge on any atom is 0.419 e. The number of piperidine rings is 1. The molecule has 3 N–H and O–H groups in total. The smallest absolute Gasteiger partial charge is 0.419 e. The Kier molecular flexibility index (Phi) is 7.60. The molecule has 0 aliphatic carbocycles. The van der Waals surface area contributed by atoms with E-state index in [1.807, 2.05) is 4.89 Å². The number of amides is 1. The average Bonchev–Trinajstić information content (AvgIpc) is 2.60. The van der Waals surface area contributed by atoms with Gasteiger partial charge in [0, 0.05) is 25.5 Å². The van der Waals surface area contributed by atoms with E-state index in [2.05, 4.69) is 14.7 Å². The van der Waals surface area contributed by atoms with Crippen LogP contribution in [0.2, 0.25) is 0 Å². The lowest BCUT2D eigenvalue weighted by atomic mass is 9.99. The Balaban J connectivity index is 1.78. The topological polar surface area (TPSA) is 137 Å². The number of anilines is 1. The number of carbonyl (C=O) groups is 1. The van der Waals surface area contributed by atoms with Crippen LogP contribution in [0.5, 0.6) is 0 Å². The number of hydrogen-bond acceptors (Lipinski definition) is 8. The lowest BCUT2D eigenvalue weighted by molar-refractivity contribution is -0.138. The van der Waals surface area contributed by atoms with E-state index in [4.69, 9.17) is 10.6 Å². The molecule has 14 heteroatoms. The zero-order valence-corrected chi connectivity index (χ0v) is 16.4. The van der Waals surface area contributed by atoms with Gasteiger partial charge in [-0.2, -0.15) is 13.2 Å². The van der Waals surface area contributed by atoms with Crippen molar-refractivity contribution in [2.45, 2.75) is 32.0 Å². The van der Waals surface area contributed by atoms with Crippen molar-refractivity contribution in [3.05, 3.63) is 18.0 Å². The number of halogens is 3. The third kappa shape index (κ3) is 7.62. The highest BCUT2D eigenvalue weighted by molar-refractivity contribution is 7.89. The molecule has 0 aromatic carbocycles. The fraction of sp³-hybridized carbons (Fsp3) is 0.667. The van der Waals surface area contributed by atoms with E-state index in [1.54, 1.807) is 4.90 Å². The Hall–Kier alpha value is -2.19. The third-order valence-electron chi connectivity index (χ3n) is 4.14. The summed E-state index contributed by atoms with van der Waals surface area (Å²) in [6.07, 6.45) is -3.78. The van der Waals surface area contributed by atoms with Gasteiger partial charge in [0.15, 0.2) is 0 Å². The number of nitrogens with two attached hydrogens (primary N) is 1. The second-order valence-corrected chi connectivity index (χ2v) is 8.35. The lowest BCUT2D eigenvalue weighted by Crippen LogP contribution is -2.39. The normalized spacial score (nSPS) is 17.2. The summed E-state index contributed by atoms with van der Waals surface area (Å²) in [5.41, 5.74) is 3.91. The van der Waals surface area contributed by atoms with Gasteiger partial charge in [0.2, 0.25) is 16.0 Å². The van der Waals surface area contributed by atoms with Crippen LogP contribution in [0.25, 0.3) is 0 Å². The Labute approximate surface area is 165 Å². The van der Waals surface area contributed by atoms with Gasteiger partial charge in [-0.1, -0.05) is 4.89 Å². The molecule has 0 unspecified atom stereocenters. The van der Waals surface area contributed by atoms with Crippen LogP contribution in [-0.2, 0) is 25.8 Å². The Morgan fingerprint density at radius 2 is 1.93 bits per heavy atom. The average molecular weight is 441 g/mol. The molecule has 1 atom stereocenters. The van der Waals surface area contributed by atoms with Crippen molar-refractivity contribution in [1.82, 2.24) is 14.9 Å². The van der Waals surface area contributed by atoms with Crippen LogP contribution in [0.4, 0.5) is 23.9 Å². The van der Waals surface area contributed by atoms with Gasteiger partial charge in [-0.25, -0.2) is 23.2 Å². The monoisotopic (exact) mass is 441 g/mol. The molecule has 2 rings (SSSR count). The minimum Gasteiger partial charge on any atom is -0.444 e. The lowest BCUT2D eigenvalue weighted by Gasteiger charge is -2.31. The number of nitrogens with one attached hydrogen (secondary N) is 1. The molecule has 10 nitrogen and oxygen atoms in total. The molecular formula is C15H22F3N5O5S. The molecule has 1 aromatic heterocycles. The number of ether oxygens (including phenoxy) is 1. The number of carbonyl (C=O) groups excluding carboxylic acids is 1. The minimum atomic E-state index is -4.50. The van der Waals surface area contributed by atoms with Crippen LogP contribution < -0.4 is 15.5 Å². The van der Waals surface area contributed by atoms with Crippen LogP contribution in [-0.4, -0.2) is 56.0 Å². The molecule has 1 fully saturated rings. The number of nitrogens with zero attached hydrogens (tertiary/aromatic N) is 3. The Bertz CT molecular complexity index is 783. The highest BCUT2D eigenvalue weighted by Crippen LogP contribution is 2.29. The molecule has 1 aliphatic rings. The van der Waals surface area contributed by atoms with Crippen LogP contribution in [0.3, 0.4) is 0 Å². The first kappa shape index (κ1) is 23.1. The number of primary amides is 1. The second kappa shape index (κ2) is 9.54. The molecule has 1 aliphatic heterocycles. The summed E-state index contributed by atoms with van der Waals surface area (Å²) >= 11 is 0. The van der Waals surface area contributed by atoms with Crippen LogP contribution in [0.15, 0.2) is 12.4 Å². The summed E-state index contributed by atoms with van der Waals surface area (Å²) in [5.74, 6) is -0.176. The molecule has 29 heavy (non-hydrogen) atoms. The number of sulfonamides is 1. The van der Waals surface area contributed by atoms with Crippen LogP contribution in [0, 0.1) is 5.92 Å². The van der Waals surface area contributed by atoms with E-state index < -0.39 is 34.0 Å². The second-order valence-electron chi connectivity index (χ2n) is 6.62. The Morgan fingerprint density at radius 1 is 1.34 bits per heavy atom. The Morgan fingerprint density at radius 3 is 2.45 bits per heavy atom. The maximum atomic E-state index is 12.6. The quantitative estimate of drug-likeness (QED) is 0.571. The van der Waals surface area contributed by atoms with Crippen molar-refractivity contribution in [1.29, 1.82) is 0 Å². The summed E-state index contributed by atoms with van der Waals surface area (Å²) in [6.45, 7) is 2.11. The van der Waals surface area contributed by atoms with Gasteiger partial charge in [0.05, 0.1) is 11.3 Å². The predicted molar refractivity (Wildman–Crippen MR) is 95.0 cm³/mol. The summed E-state index contributed by atoms with van der Waals surface area (Å²) in [7, 11) is -3.73.